The van der Waals surface area contributed by atoms with Crippen molar-refractivity contribution in [2.75, 3.05) is 6.61 Å². The van der Waals surface area contributed by atoms with Gasteiger partial charge in [-0.25, -0.2) is 0 Å². The zero-order chi connectivity index (χ0) is 15.7. The highest BCUT2D eigenvalue weighted by Crippen LogP contribution is 2.22. The number of hydrogen-bond donors (Lipinski definition) is 1. The molecule has 0 heterocycles. The van der Waals surface area contributed by atoms with Crippen LogP contribution in [-0.4, -0.2) is 17.7 Å². The van der Waals surface area contributed by atoms with Gasteiger partial charge in [0, 0.05) is 0 Å². The predicted octanol–water partition coefficient (Wildman–Crippen LogP) is 4.08. The summed E-state index contributed by atoms with van der Waals surface area (Å²) >= 11 is 0. The van der Waals surface area contributed by atoms with Crippen molar-refractivity contribution in [3.63, 3.8) is 0 Å². The molecule has 0 bridgehead atoms. The Labute approximate surface area is 127 Å². The van der Waals surface area contributed by atoms with Gasteiger partial charge in [0.2, 0.25) is 0 Å². The minimum absolute atomic E-state index is 0.0229. The summed E-state index contributed by atoms with van der Waals surface area (Å²) in [6.45, 7) is 6.83. The maximum Gasteiger partial charge on any atom is 0.304 e. The highest BCUT2D eigenvalue weighted by molar-refractivity contribution is 5.69. The fraction of sp³-hybridized carbons (Fsp3) is 0.500. The second kappa shape index (κ2) is 9.07. The van der Waals surface area contributed by atoms with E-state index in [2.05, 4.69) is 25.7 Å². The molecule has 0 saturated carbocycles. The second-order valence-corrected chi connectivity index (χ2v) is 5.26. The third-order valence-corrected chi connectivity index (χ3v) is 3.56. The number of carboxylic acids is 1. The van der Waals surface area contributed by atoms with Gasteiger partial charge in [-0.15, -0.1) is 5.92 Å². The van der Waals surface area contributed by atoms with E-state index >= 15 is 0 Å². The molecule has 0 amide bonds. The molecule has 0 aliphatic heterocycles. The molecule has 0 saturated heterocycles. The van der Waals surface area contributed by atoms with Gasteiger partial charge in [-0.05, 0) is 37.0 Å². The van der Waals surface area contributed by atoms with Crippen LogP contribution in [0.2, 0.25) is 0 Å². The molecule has 114 valence electrons. The number of rotatable bonds is 8. The average Bonchev–Trinajstić information content (AvgIpc) is 2.47. The molecule has 3 nitrogen and oxygen atoms in total. The molecule has 1 unspecified atom stereocenters. The molecule has 0 radical (unpaired) electrons. The summed E-state index contributed by atoms with van der Waals surface area (Å²) in [6, 6.07) is 7.57. The normalized spacial score (nSPS) is 12.9. The molecule has 0 spiro atoms. The lowest BCUT2D eigenvalue weighted by atomic mass is 9.96. The summed E-state index contributed by atoms with van der Waals surface area (Å²) < 4.78 is 5.70. The van der Waals surface area contributed by atoms with Crippen molar-refractivity contribution in [1.82, 2.24) is 0 Å². The number of aliphatic carboxylic acids is 1. The molecule has 21 heavy (non-hydrogen) atoms. The summed E-state index contributed by atoms with van der Waals surface area (Å²) in [5, 5.41) is 8.93. The van der Waals surface area contributed by atoms with Gasteiger partial charge in [0.05, 0.1) is 18.9 Å². The van der Waals surface area contributed by atoms with Gasteiger partial charge < -0.3 is 9.84 Å². The van der Waals surface area contributed by atoms with Crippen molar-refractivity contribution in [2.45, 2.75) is 46.0 Å². The Bertz CT molecular complexity index is 493. The van der Waals surface area contributed by atoms with E-state index in [-0.39, 0.29) is 12.3 Å². The minimum Gasteiger partial charge on any atom is -0.494 e. The van der Waals surface area contributed by atoms with Crippen molar-refractivity contribution < 1.29 is 14.6 Å². The van der Waals surface area contributed by atoms with Gasteiger partial charge >= 0.3 is 5.97 Å². The molecule has 1 N–H and O–H groups in total. The van der Waals surface area contributed by atoms with Crippen molar-refractivity contribution in [3.8, 4) is 17.6 Å². The van der Waals surface area contributed by atoms with Crippen LogP contribution in [0, 0.1) is 17.8 Å². The lowest BCUT2D eigenvalue weighted by molar-refractivity contribution is -0.137. The Kier molecular flexibility index (Phi) is 7.39. The molecule has 1 rings (SSSR count). The largest absolute Gasteiger partial charge is 0.494 e. The lowest BCUT2D eigenvalue weighted by Crippen LogP contribution is -2.05. The second-order valence-electron chi connectivity index (χ2n) is 5.26. The smallest absolute Gasteiger partial charge is 0.304 e. The lowest BCUT2D eigenvalue weighted by Gasteiger charge is -2.12. The predicted molar refractivity (Wildman–Crippen MR) is 84.5 cm³/mol. The zero-order valence-electron chi connectivity index (χ0n) is 13.1. The van der Waals surface area contributed by atoms with Gasteiger partial charge in [-0.3, -0.25) is 4.79 Å². The standard InChI is InChI=1S/C18H24O3/c1-4-6-16(13-18(19)20)15-7-9-17(10-8-15)21-12-11-14(3)5-2/h7-10,14,16H,5,11-13H2,1-3H3,(H,19,20)/t14-,16?/m1/s1. The van der Waals surface area contributed by atoms with Crippen LogP contribution >= 0.6 is 0 Å². The van der Waals surface area contributed by atoms with Gasteiger partial charge in [0.15, 0.2) is 0 Å². The monoisotopic (exact) mass is 288 g/mol. The van der Waals surface area contributed by atoms with Gasteiger partial charge in [0.1, 0.15) is 5.75 Å². The summed E-state index contributed by atoms with van der Waals surface area (Å²) in [5.74, 6) is 6.13. The van der Waals surface area contributed by atoms with Crippen molar-refractivity contribution in [1.29, 1.82) is 0 Å². The summed E-state index contributed by atoms with van der Waals surface area (Å²) in [6.07, 6.45) is 2.23. The quantitative estimate of drug-likeness (QED) is 0.733. The van der Waals surface area contributed by atoms with Crippen LogP contribution in [0.25, 0.3) is 0 Å². The van der Waals surface area contributed by atoms with E-state index in [9.17, 15) is 4.79 Å². The molecule has 0 aromatic heterocycles. The molecule has 0 aliphatic carbocycles. The maximum absolute atomic E-state index is 10.9. The van der Waals surface area contributed by atoms with E-state index in [1.54, 1.807) is 6.92 Å². The van der Waals surface area contributed by atoms with Crippen LogP contribution in [0.5, 0.6) is 5.75 Å². The van der Waals surface area contributed by atoms with E-state index in [0.29, 0.717) is 12.5 Å². The molecule has 2 atom stereocenters. The molecule has 0 fully saturated rings. The zero-order valence-corrected chi connectivity index (χ0v) is 13.1. The van der Waals surface area contributed by atoms with Crippen LogP contribution in [0.1, 0.15) is 51.5 Å². The van der Waals surface area contributed by atoms with Crippen LogP contribution in [-0.2, 0) is 4.79 Å². The van der Waals surface area contributed by atoms with Crippen LogP contribution in [0.4, 0.5) is 0 Å². The van der Waals surface area contributed by atoms with Crippen LogP contribution < -0.4 is 4.74 Å². The fourth-order valence-electron chi connectivity index (χ4n) is 1.98. The number of carboxylic acid groups (broad SMARTS) is 1. The Balaban J connectivity index is 2.62. The topological polar surface area (TPSA) is 46.5 Å². The maximum atomic E-state index is 10.9. The van der Waals surface area contributed by atoms with Crippen LogP contribution in [0.3, 0.4) is 0 Å². The SMILES string of the molecule is CC#CC(CC(=O)O)c1ccc(OCC[C@H](C)CC)cc1. The Morgan fingerprint density at radius 2 is 2.00 bits per heavy atom. The first-order chi connectivity index (χ1) is 10.1. The third-order valence-electron chi connectivity index (χ3n) is 3.56. The number of ether oxygens (including phenoxy) is 1. The van der Waals surface area contributed by atoms with Gasteiger partial charge in [-0.1, -0.05) is 38.3 Å². The first-order valence-electron chi connectivity index (χ1n) is 7.43. The fourth-order valence-corrected chi connectivity index (χ4v) is 1.98. The van der Waals surface area contributed by atoms with E-state index in [1.165, 1.54) is 0 Å². The highest BCUT2D eigenvalue weighted by Gasteiger charge is 2.13. The Hall–Kier alpha value is -1.95. The first kappa shape index (κ1) is 17.1. The number of benzene rings is 1. The molecule has 1 aromatic carbocycles. The third kappa shape index (κ3) is 6.35. The van der Waals surface area contributed by atoms with Gasteiger partial charge in [0.25, 0.3) is 0 Å². The van der Waals surface area contributed by atoms with Crippen molar-refractivity contribution >= 4 is 5.97 Å². The summed E-state index contributed by atoms with van der Waals surface area (Å²) in [4.78, 5) is 10.9. The minimum atomic E-state index is -0.836. The van der Waals surface area contributed by atoms with E-state index in [4.69, 9.17) is 9.84 Å². The number of carbonyl (C=O) groups is 1. The molecule has 0 aliphatic rings. The van der Waals surface area contributed by atoms with Crippen LogP contribution in [0.15, 0.2) is 24.3 Å². The van der Waals surface area contributed by atoms with E-state index < -0.39 is 5.97 Å². The molecule has 1 aromatic rings. The van der Waals surface area contributed by atoms with E-state index in [0.717, 1.165) is 24.2 Å². The molecule has 3 heteroatoms. The summed E-state index contributed by atoms with van der Waals surface area (Å²) in [7, 11) is 0. The first-order valence-corrected chi connectivity index (χ1v) is 7.43. The van der Waals surface area contributed by atoms with Gasteiger partial charge in [-0.2, -0.15) is 0 Å². The Morgan fingerprint density at radius 3 is 2.52 bits per heavy atom. The van der Waals surface area contributed by atoms with Crippen molar-refractivity contribution in [2.24, 2.45) is 5.92 Å². The molecular formula is C18H24O3. The summed E-state index contributed by atoms with van der Waals surface area (Å²) in [5.41, 5.74) is 0.918. The Morgan fingerprint density at radius 1 is 1.33 bits per heavy atom. The highest BCUT2D eigenvalue weighted by atomic mass is 16.5. The van der Waals surface area contributed by atoms with Crippen molar-refractivity contribution in [3.05, 3.63) is 29.8 Å². The number of hydrogen-bond acceptors (Lipinski definition) is 2. The van der Waals surface area contributed by atoms with E-state index in [1.807, 2.05) is 24.3 Å². The molecular weight excluding hydrogens is 264 g/mol. The average molecular weight is 288 g/mol.